The first-order chi connectivity index (χ1) is 6.15. The second-order valence-electron chi connectivity index (χ2n) is 2.51. The minimum atomic E-state index is -2.54. The van der Waals surface area contributed by atoms with Gasteiger partial charge in [0.1, 0.15) is 0 Å². The number of alkyl halides is 2. The van der Waals surface area contributed by atoms with Crippen LogP contribution in [0.5, 0.6) is 0 Å². The highest BCUT2D eigenvalue weighted by molar-refractivity contribution is 5.94. The maximum atomic E-state index is 12.2. The van der Waals surface area contributed by atoms with E-state index in [9.17, 15) is 13.6 Å². The van der Waals surface area contributed by atoms with Gasteiger partial charge in [-0.1, -0.05) is 12.1 Å². The molecule has 0 aliphatic heterocycles. The van der Waals surface area contributed by atoms with Crippen LogP contribution in [0.15, 0.2) is 24.3 Å². The Bertz CT molecular complexity index is 312. The van der Waals surface area contributed by atoms with E-state index in [4.69, 9.17) is 0 Å². The van der Waals surface area contributed by atoms with Gasteiger partial charge in [-0.25, -0.2) is 8.78 Å². The molecule has 2 nitrogen and oxygen atoms in total. The second kappa shape index (κ2) is 3.98. The standard InChI is InChI=1S/C9H9F2NO/c1-12-9(13)7-4-2-3-6(5-7)8(10)11/h2-5,8H,1H3,(H,12,13). The van der Waals surface area contributed by atoms with Crippen LogP contribution in [-0.2, 0) is 0 Å². The first-order valence-corrected chi connectivity index (χ1v) is 3.75. The normalized spacial score (nSPS) is 10.2. The summed E-state index contributed by atoms with van der Waals surface area (Å²) in [5, 5.41) is 2.36. The molecule has 0 aromatic heterocycles. The van der Waals surface area contributed by atoms with Crippen LogP contribution in [0.3, 0.4) is 0 Å². The number of carbonyl (C=O) groups excluding carboxylic acids is 1. The largest absolute Gasteiger partial charge is 0.355 e. The molecular formula is C9H9F2NO. The lowest BCUT2D eigenvalue weighted by molar-refractivity contribution is 0.0962. The number of nitrogens with one attached hydrogen (secondary N) is 1. The summed E-state index contributed by atoms with van der Waals surface area (Å²) < 4.78 is 24.4. The van der Waals surface area contributed by atoms with E-state index in [2.05, 4.69) is 5.32 Å². The van der Waals surface area contributed by atoms with Crippen molar-refractivity contribution >= 4 is 5.91 Å². The molecule has 70 valence electrons. The average Bonchev–Trinajstić information content (AvgIpc) is 2.17. The van der Waals surface area contributed by atoms with Crippen LogP contribution in [0.4, 0.5) is 8.78 Å². The maximum absolute atomic E-state index is 12.2. The van der Waals surface area contributed by atoms with Gasteiger partial charge in [-0.05, 0) is 12.1 Å². The van der Waals surface area contributed by atoms with Gasteiger partial charge in [0, 0.05) is 18.2 Å². The molecule has 0 saturated carbocycles. The van der Waals surface area contributed by atoms with Gasteiger partial charge >= 0.3 is 0 Å². The monoisotopic (exact) mass is 185 g/mol. The van der Waals surface area contributed by atoms with Crippen molar-refractivity contribution in [2.75, 3.05) is 7.05 Å². The number of benzene rings is 1. The van der Waals surface area contributed by atoms with Crippen molar-refractivity contribution in [2.24, 2.45) is 0 Å². The van der Waals surface area contributed by atoms with E-state index in [-0.39, 0.29) is 17.0 Å². The van der Waals surface area contributed by atoms with Gasteiger partial charge in [0.15, 0.2) is 0 Å². The number of halogens is 2. The lowest BCUT2D eigenvalue weighted by Gasteiger charge is -2.02. The number of carbonyl (C=O) groups is 1. The zero-order valence-corrected chi connectivity index (χ0v) is 7.05. The van der Waals surface area contributed by atoms with E-state index in [1.165, 1.54) is 31.3 Å². The Balaban J connectivity index is 2.98. The van der Waals surface area contributed by atoms with Crippen LogP contribution in [0.1, 0.15) is 22.3 Å². The number of rotatable bonds is 2. The third-order valence-electron chi connectivity index (χ3n) is 1.63. The molecule has 0 aliphatic carbocycles. The summed E-state index contributed by atoms with van der Waals surface area (Å²) in [5.41, 5.74) is 0.112. The molecule has 1 aromatic carbocycles. The van der Waals surface area contributed by atoms with Crippen molar-refractivity contribution in [3.8, 4) is 0 Å². The fourth-order valence-electron chi connectivity index (χ4n) is 0.960. The van der Waals surface area contributed by atoms with Gasteiger partial charge in [0.05, 0.1) is 0 Å². The molecule has 0 bridgehead atoms. The Kier molecular flexibility index (Phi) is 2.95. The molecule has 1 amide bonds. The molecule has 1 rings (SSSR count). The minimum absolute atomic E-state index is 0.138. The summed E-state index contributed by atoms with van der Waals surface area (Å²) in [6, 6.07) is 5.40. The molecule has 13 heavy (non-hydrogen) atoms. The van der Waals surface area contributed by atoms with Crippen LogP contribution >= 0.6 is 0 Å². The summed E-state index contributed by atoms with van der Waals surface area (Å²) in [7, 11) is 1.46. The molecular weight excluding hydrogens is 176 g/mol. The van der Waals surface area contributed by atoms with Crippen molar-refractivity contribution in [3.63, 3.8) is 0 Å². The van der Waals surface area contributed by atoms with Crippen molar-refractivity contribution in [1.82, 2.24) is 5.32 Å². The fourth-order valence-corrected chi connectivity index (χ4v) is 0.960. The van der Waals surface area contributed by atoms with Crippen LogP contribution in [0.2, 0.25) is 0 Å². The summed E-state index contributed by atoms with van der Waals surface area (Å²) in [6.07, 6.45) is -2.54. The average molecular weight is 185 g/mol. The first-order valence-electron chi connectivity index (χ1n) is 3.75. The minimum Gasteiger partial charge on any atom is -0.355 e. The van der Waals surface area contributed by atoms with E-state index in [1.807, 2.05) is 0 Å². The lowest BCUT2D eigenvalue weighted by Crippen LogP contribution is -2.17. The van der Waals surface area contributed by atoms with Crippen molar-refractivity contribution in [3.05, 3.63) is 35.4 Å². The predicted octanol–water partition coefficient (Wildman–Crippen LogP) is 1.98. The van der Waals surface area contributed by atoms with Gasteiger partial charge in [-0.15, -0.1) is 0 Å². The summed E-state index contributed by atoms with van der Waals surface area (Å²) in [6.45, 7) is 0. The molecule has 0 atom stereocenters. The maximum Gasteiger partial charge on any atom is 0.263 e. The highest BCUT2D eigenvalue weighted by Gasteiger charge is 2.09. The van der Waals surface area contributed by atoms with Crippen molar-refractivity contribution < 1.29 is 13.6 Å². The molecule has 0 saturated heterocycles. The summed E-state index contributed by atoms with van der Waals surface area (Å²) in [4.78, 5) is 11.0. The van der Waals surface area contributed by atoms with Crippen LogP contribution in [-0.4, -0.2) is 13.0 Å². The molecule has 0 spiro atoms. The molecule has 0 unspecified atom stereocenters. The highest BCUT2D eigenvalue weighted by atomic mass is 19.3. The Morgan fingerprint density at radius 3 is 2.69 bits per heavy atom. The molecule has 0 radical (unpaired) electrons. The van der Waals surface area contributed by atoms with E-state index in [0.29, 0.717) is 0 Å². The van der Waals surface area contributed by atoms with Crippen molar-refractivity contribution in [2.45, 2.75) is 6.43 Å². The van der Waals surface area contributed by atoms with Gasteiger partial charge < -0.3 is 5.32 Å². The van der Waals surface area contributed by atoms with Crippen LogP contribution < -0.4 is 5.32 Å². The Labute approximate surface area is 74.6 Å². The van der Waals surface area contributed by atoms with Gasteiger partial charge in [0.2, 0.25) is 0 Å². The first kappa shape index (κ1) is 9.64. The molecule has 0 heterocycles. The predicted molar refractivity (Wildman–Crippen MR) is 44.8 cm³/mol. The molecule has 0 fully saturated rings. The highest BCUT2D eigenvalue weighted by Crippen LogP contribution is 2.19. The zero-order valence-electron chi connectivity index (χ0n) is 7.05. The Morgan fingerprint density at radius 2 is 2.15 bits per heavy atom. The zero-order chi connectivity index (χ0) is 9.84. The Morgan fingerprint density at radius 1 is 1.46 bits per heavy atom. The summed E-state index contributed by atoms with van der Waals surface area (Å²) in [5.74, 6) is -0.359. The van der Waals surface area contributed by atoms with Gasteiger partial charge in [0.25, 0.3) is 12.3 Å². The number of amides is 1. The SMILES string of the molecule is CNC(=O)c1cccc(C(F)F)c1. The lowest BCUT2D eigenvalue weighted by atomic mass is 10.1. The van der Waals surface area contributed by atoms with Crippen LogP contribution in [0, 0.1) is 0 Å². The van der Waals surface area contributed by atoms with E-state index >= 15 is 0 Å². The second-order valence-corrected chi connectivity index (χ2v) is 2.51. The van der Waals surface area contributed by atoms with Crippen LogP contribution in [0.25, 0.3) is 0 Å². The molecule has 4 heteroatoms. The summed E-state index contributed by atoms with van der Waals surface area (Å²) >= 11 is 0. The van der Waals surface area contributed by atoms with Crippen molar-refractivity contribution in [1.29, 1.82) is 0 Å². The van der Waals surface area contributed by atoms with E-state index in [0.717, 1.165) is 0 Å². The van der Waals surface area contributed by atoms with E-state index < -0.39 is 6.43 Å². The molecule has 0 aliphatic rings. The molecule has 1 N–H and O–H groups in total. The smallest absolute Gasteiger partial charge is 0.263 e. The third-order valence-corrected chi connectivity index (χ3v) is 1.63. The molecule has 1 aromatic rings. The third kappa shape index (κ3) is 2.24. The fraction of sp³-hybridized carbons (Fsp3) is 0.222. The van der Waals surface area contributed by atoms with Gasteiger partial charge in [-0.2, -0.15) is 0 Å². The van der Waals surface area contributed by atoms with Gasteiger partial charge in [-0.3, -0.25) is 4.79 Å². The topological polar surface area (TPSA) is 29.1 Å². The Hall–Kier alpha value is -1.45. The quantitative estimate of drug-likeness (QED) is 0.750. The number of hydrogen-bond donors (Lipinski definition) is 1. The van der Waals surface area contributed by atoms with E-state index in [1.54, 1.807) is 0 Å². The number of hydrogen-bond acceptors (Lipinski definition) is 1.